The van der Waals surface area contributed by atoms with E-state index in [1.54, 1.807) is 18.4 Å². The Morgan fingerprint density at radius 3 is 2.71 bits per heavy atom. The van der Waals surface area contributed by atoms with E-state index in [-0.39, 0.29) is 5.78 Å². The highest BCUT2D eigenvalue weighted by Crippen LogP contribution is 2.07. The topological polar surface area (TPSA) is 33.5 Å². The molecule has 0 aliphatic rings. The smallest absolute Gasteiger partial charge is 0.211 e. The highest BCUT2D eigenvalue weighted by atomic mass is 16.3. The average molecular weight is 237 g/mol. The molecule has 1 aromatic rings. The van der Waals surface area contributed by atoms with Gasteiger partial charge in [-0.15, -0.1) is 0 Å². The summed E-state index contributed by atoms with van der Waals surface area (Å²) >= 11 is 0. The van der Waals surface area contributed by atoms with Gasteiger partial charge in [0, 0.05) is 6.04 Å². The van der Waals surface area contributed by atoms with Gasteiger partial charge in [0.25, 0.3) is 0 Å². The Kier molecular flexibility index (Phi) is 5.98. The molecule has 0 saturated heterocycles. The lowest BCUT2D eigenvalue weighted by molar-refractivity contribution is 0.0876. The summed E-state index contributed by atoms with van der Waals surface area (Å²) in [6.07, 6.45) is 5.13. The van der Waals surface area contributed by atoms with Crippen molar-refractivity contribution in [1.29, 1.82) is 0 Å². The van der Waals surface area contributed by atoms with Crippen molar-refractivity contribution >= 4 is 5.78 Å². The van der Waals surface area contributed by atoms with Gasteiger partial charge in [0.1, 0.15) is 0 Å². The highest BCUT2D eigenvalue weighted by Gasteiger charge is 2.16. The molecule has 0 bridgehead atoms. The molecule has 0 saturated carbocycles. The van der Waals surface area contributed by atoms with Crippen LogP contribution < -0.4 is 0 Å². The summed E-state index contributed by atoms with van der Waals surface area (Å²) in [7, 11) is 0. The molecule has 3 nitrogen and oxygen atoms in total. The first-order chi connectivity index (χ1) is 8.15. The minimum Gasteiger partial charge on any atom is -0.461 e. The SMILES string of the molecule is CCCCCN(CC(=O)c1ccco1)C(C)C. The lowest BCUT2D eigenvalue weighted by Crippen LogP contribution is -2.36. The summed E-state index contributed by atoms with van der Waals surface area (Å²) in [4.78, 5) is 14.1. The Morgan fingerprint density at radius 2 is 2.18 bits per heavy atom. The predicted octanol–water partition coefficient (Wildman–Crippen LogP) is 3.36. The summed E-state index contributed by atoms with van der Waals surface area (Å²) in [6.45, 7) is 7.88. The van der Waals surface area contributed by atoms with Gasteiger partial charge in [-0.05, 0) is 38.9 Å². The van der Waals surface area contributed by atoms with Gasteiger partial charge in [-0.2, -0.15) is 0 Å². The van der Waals surface area contributed by atoms with Gasteiger partial charge in [0.05, 0.1) is 12.8 Å². The molecule has 0 aliphatic carbocycles. The van der Waals surface area contributed by atoms with Crippen molar-refractivity contribution in [3.63, 3.8) is 0 Å². The van der Waals surface area contributed by atoms with Crippen LogP contribution in [0.4, 0.5) is 0 Å². The van der Waals surface area contributed by atoms with E-state index in [2.05, 4.69) is 25.7 Å². The van der Waals surface area contributed by atoms with E-state index in [1.165, 1.54) is 12.8 Å². The first kappa shape index (κ1) is 14.0. The number of hydrogen-bond acceptors (Lipinski definition) is 3. The maximum atomic E-state index is 11.9. The van der Waals surface area contributed by atoms with E-state index in [0.29, 0.717) is 18.3 Å². The fourth-order valence-electron chi connectivity index (χ4n) is 1.78. The van der Waals surface area contributed by atoms with Crippen molar-refractivity contribution < 1.29 is 9.21 Å². The molecule has 0 radical (unpaired) electrons. The zero-order valence-corrected chi connectivity index (χ0v) is 11.1. The third-order valence-electron chi connectivity index (χ3n) is 2.92. The maximum Gasteiger partial charge on any atom is 0.211 e. The molecule has 0 unspecified atom stereocenters. The summed E-state index contributed by atoms with van der Waals surface area (Å²) in [6, 6.07) is 3.88. The summed E-state index contributed by atoms with van der Waals surface area (Å²) in [5.41, 5.74) is 0. The second kappa shape index (κ2) is 7.28. The molecule has 0 aromatic carbocycles. The number of carbonyl (C=O) groups excluding carboxylic acids is 1. The largest absolute Gasteiger partial charge is 0.461 e. The van der Waals surface area contributed by atoms with Crippen molar-refractivity contribution in [1.82, 2.24) is 4.90 Å². The molecule has 0 spiro atoms. The number of carbonyl (C=O) groups is 1. The first-order valence-corrected chi connectivity index (χ1v) is 6.46. The molecular formula is C14H23NO2. The number of furan rings is 1. The summed E-state index contributed by atoms with van der Waals surface area (Å²) in [5, 5.41) is 0. The Bertz CT molecular complexity index is 317. The molecule has 1 heterocycles. The van der Waals surface area contributed by atoms with Crippen LogP contribution in [0.3, 0.4) is 0 Å². The van der Waals surface area contributed by atoms with Crippen LogP contribution in [0.15, 0.2) is 22.8 Å². The monoisotopic (exact) mass is 237 g/mol. The van der Waals surface area contributed by atoms with E-state index in [0.717, 1.165) is 13.0 Å². The van der Waals surface area contributed by atoms with Crippen LogP contribution in [-0.2, 0) is 0 Å². The number of unbranched alkanes of at least 4 members (excludes halogenated alkanes) is 2. The number of nitrogens with zero attached hydrogens (tertiary/aromatic N) is 1. The van der Waals surface area contributed by atoms with Crippen molar-refractivity contribution in [3.05, 3.63) is 24.2 Å². The lowest BCUT2D eigenvalue weighted by atomic mass is 10.2. The average Bonchev–Trinajstić information content (AvgIpc) is 2.81. The van der Waals surface area contributed by atoms with Crippen molar-refractivity contribution in [2.75, 3.05) is 13.1 Å². The zero-order valence-electron chi connectivity index (χ0n) is 11.1. The van der Waals surface area contributed by atoms with Gasteiger partial charge >= 0.3 is 0 Å². The van der Waals surface area contributed by atoms with Crippen molar-refractivity contribution in [2.45, 2.75) is 46.1 Å². The third kappa shape index (κ3) is 4.73. The Labute approximate surface area is 104 Å². The van der Waals surface area contributed by atoms with E-state index in [1.807, 2.05) is 0 Å². The van der Waals surface area contributed by atoms with Crippen LogP contribution in [0.2, 0.25) is 0 Å². The number of ketones is 1. The molecule has 17 heavy (non-hydrogen) atoms. The van der Waals surface area contributed by atoms with Crippen LogP contribution in [0, 0.1) is 0 Å². The van der Waals surface area contributed by atoms with Crippen LogP contribution in [0.25, 0.3) is 0 Å². The van der Waals surface area contributed by atoms with Gasteiger partial charge in [0.15, 0.2) is 5.76 Å². The normalized spacial score (nSPS) is 11.4. The molecule has 0 N–H and O–H groups in total. The lowest BCUT2D eigenvalue weighted by Gasteiger charge is -2.25. The number of hydrogen-bond donors (Lipinski definition) is 0. The van der Waals surface area contributed by atoms with E-state index in [4.69, 9.17) is 4.42 Å². The standard InChI is InChI=1S/C14H23NO2/c1-4-5-6-9-15(12(2)3)11-13(16)14-8-7-10-17-14/h7-8,10,12H,4-6,9,11H2,1-3H3. The molecule has 1 aromatic heterocycles. The molecule has 96 valence electrons. The summed E-state index contributed by atoms with van der Waals surface area (Å²) in [5.74, 6) is 0.534. The maximum absolute atomic E-state index is 11.9. The minimum absolute atomic E-state index is 0.0696. The summed E-state index contributed by atoms with van der Waals surface area (Å²) < 4.78 is 5.13. The van der Waals surface area contributed by atoms with E-state index < -0.39 is 0 Å². The van der Waals surface area contributed by atoms with Crippen molar-refractivity contribution in [3.8, 4) is 0 Å². The van der Waals surface area contributed by atoms with Gasteiger partial charge in [0.2, 0.25) is 5.78 Å². The van der Waals surface area contributed by atoms with Crippen LogP contribution in [0.1, 0.15) is 50.6 Å². The predicted molar refractivity (Wildman–Crippen MR) is 69.3 cm³/mol. The second-order valence-electron chi connectivity index (χ2n) is 4.67. The molecule has 0 fully saturated rings. The Balaban J connectivity index is 2.46. The third-order valence-corrected chi connectivity index (χ3v) is 2.92. The van der Waals surface area contributed by atoms with E-state index in [9.17, 15) is 4.79 Å². The highest BCUT2D eigenvalue weighted by molar-refractivity contribution is 5.95. The molecule has 0 atom stereocenters. The fraction of sp³-hybridized carbons (Fsp3) is 0.643. The zero-order chi connectivity index (χ0) is 12.7. The second-order valence-corrected chi connectivity index (χ2v) is 4.67. The molecular weight excluding hydrogens is 214 g/mol. The van der Waals surface area contributed by atoms with Crippen molar-refractivity contribution in [2.24, 2.45) is 0 Å². The Hall–Kier alpha value is -1.09. The van der Waals surface area contributed by atoms with Crippen LogP contribution >= 0.6 is 0 Å². The number of Topliss-reactive ketones (excluding diaryl/α,β-unsaturated/α-hetero) is 1. The van der Waals surface area contributed by atoms with Gasteiger partial charge < -0.3 is 4.42 Å². The van der Waals surface area contributed by atoms with Gasteiger partial charge in [-0.1, -0.05) is 19.8 Å². The molecule has 0 amide bonds. The Morgan fingerprint density at radius 1 is 1.41 bits per heavy atom. The molecule has 1 rings (SSSR count). The number of rotatable bonds is 8. The van der Waals surface area contributed by atoms with Gasteiger partial charge in [-0.3, -0.25) is 9.69 Å². The quantitative estimate of drug-likeness (QED) is 0.513. The molecule has 0 aliphatic heterocycles. The minimum atomic E-state index is 0.0696. The van der Waals surface area contributed by atoms with Crippen LogP contribution in [0.5, 0.6) is 0 Å². The fourth-order valence-corrected chi connectivity index (χ4v) is 1.78. The van der Waals surface area contributed by atoms with Crippen LogP contribution in [-0.4, -0.2) is 29.8 Å². The van der Waals surface area contributed by atoms with E-state index >= 15 is 0 Å². The van der Waals surface area contributed by atoms with Gasteiger partial charge in [-0.25, -0.2) is 0 Å². The molecule has 3 heteroatoms. The first-order valence-electron chi connectivity index (χ1n) is 6.46.